The summed E-state index contributed by atoms with van der Waals surface area (Å²) < 4.78 is 9.99. The third-order valence-electron chi connectivity index (χ3n) is 4.15. The van der Waals surface area contributed by atoms with Crippen molar-refractivity contribution in [1.29, 1.82) is 0 Å². The Labute approximate surface area is 165 Å². The Morgan fingerprint density at radius 3 is 2.17 bits per heavy atom. The minimum Gasteiger partial charge on any atom is -0.458 e. The second-order valence-corrected chi connectivity index (χ2v) is 7.59. The van der Waals surface area contributed by atoms with Crippen molar-refractivity contribution in [2.75, 3.05) is 6.54 Å². The lowest BCUT2D eigenvalue weighted by molar-refractivity contribution is -0.275. The molecule has 2 aliphatic heterocycles. The molecule has 0 spiro atoms. The molecule has 162 valence electrons. The quantitative estimate of drug-likeness (QED) is 0.223. The molecule has 1 unspecified atom stereocenters. The molecule has 29 heavy (non-hydrogen) atoms. The van der Waals surface area contributed by atoms with Crippen LogP contribution in [0.25, 0.3) is 0 Å². The molecule has 0 aliphatic carbocycles. The third-order valence-corrected chi connectivity index (χ3v) is 4.15. The summed E-state index contributed by atoms with van der Waals surface area (Å²) >= 11 is 0. The standard InChI is InChI=1S/C17H24N2O10/c1-17(2,3)29-15(26)7(19-8(20)4-5-9(19)21)6-18-14(25)13-11(23)10(22)12(24)16(27)28-13/h4-5,7,10-13,16,22-24,27H,6H2,1-3H3,(H,18,25)/t7-,10-,11-,12+,13-,16?/m0/s1. The molecule has 12 heteroatoms. The van der Waals surface area contributed by atoms with Gasteiger partial charge in [0.25, 0.3) is 17.7 Å². The molecular formula is C17H24N2O10. The first-order valence-electron chi connectivity index (χ1n) is 8.77. The summed E-state index contributed by atoms with van der Waals surface area (Å²) in [5.74, 6) is -3.56. The van der Waals surface area contributed by atoms with Crippen LogP contribution in [0.4, 0.5) is 0 Å². The molecule has 0 saturated carbocycles. The van der Waals surface area contributed by atoms with Gasteiger partial charge >= 0.3 is 5.97 Å². The normalized spacial score (nSPS) is 31.0. The highest BCUT2D eigenvalue weighted by Crippen LogP contribution is 2.20. The van der Waals surface area contributed by atoms with Crippen molar-refractivity contribution in [2.45, 2.75) is 63.1 Å². The Balaban J connectivity index is 2.13. The van der Waals surface area contributed by atoms with Crippen LogP contribution in [0.3, 0.4) is 0 Å². The Bertz CT molecular complexity index is 697. The highest BCUT2D eigenvalue weighted by molar-refractivity contribution is 6.14. The van der Waals surface area contributed by atoms with Gasteiger partial charge in [0.1, 0.15) is 23.9 Å². The van der Waals surface area contributed by atoms with Crippen molar-refractivity contribution < 1.29 is 49.1 Å². The van der Waals surface area contributed by atoms with Crippen LogP contribution in [0.1, 0.15) is 20.8 Å². The molecule has 1 fully saturated rings. The Hall–Kier alpha value is -2.38. The molecule has 12 nitrogen and oxygen atoms in total. The lowest BCUT2D eigenvalue weighted by atomic mass is 9.98. The summed E-state index contributed by atoms with van der Waals surface area (Å²) in [5.41, 5.74) is -0.939. The Morgan fingerprint density at radius 2 is 1.66 bits per heavy atom. The number of esters is 1. The molecular weight excluding hydrogens is 392 g/mol. The summed E-state index contributed by atoms with van der Waals surface area (Å²) in [5, 5.41) is 40.8. The van der Waals surface area contributed by atoms with Gasteiger partial charge in [0.2, 0.25) is 0 Å². The first kappa shape index (κ1) is 22.9. The van der Waals surface area contributed by atoms with E-state index in [2.05, 4.69) is 5.32 Å². The second kappa shape index (κ2) is 8.55. The van der Waals surface area contributed by atoms with Crippen molar-refractivity contribution in [3.05, 3.63) is 12.2 Å². The van der Waals surface area contributed by atoms with Crippen molar-refractivity contribution in [3.63, 3.8) is 0 Å². The molecule has 0 aromatic rings. The van der Waals surface area contributed by atoms with Gasteiger partial charge in [-0.25, -0.2) is 4.79 Å². The molecule has 0 bridgehead atoms. The average molecular weight is 416 g/mol. The zero-order valence-electron chi connectivity index (χ0n) is 16.0. The van der Waals surface area contributed by atoms with Crippen LogP contribution in [-0.4, -0.2) is 97.9 Å². The maximum absolute atomic E-state index is 12.5. The maximum Gasteiger partial charge on any atom is 0.331 e. The number of aliphatic hydroxyl groups excluding tert-OH is 4. The van der Waals surface area contributed by atoms with Crippen LogP contribution >= 0.6 is 0 Å². The van der Waals surface area contributed by atoms with Gasteiger partial charge in [-0.1, -0.05) is 0 Å². The van der Waals surface area contributed by atoms with Gasteiger partial charge in [0.05, 0.1) is 0 Å². The maximum atomic E-state index is 12.5. The fraction of sp³-hybridized carbons (Fsp3) is 0.647. The zero-order chi connectivity index (χ0) is 22.1. The van der Waals surface area contributed by atoms with Crippen molar-refractivity contribution in [1.82, 2.24) is 10.2 Å². The van der Waals surface area contributed by atoms with Crippen LogP contribution in [-0.2, 0) is 28.7 Å². The lowest BCUT2D eigenvalue weighted by Crippen LogP contribution is -2.62. The number of ether oxygens (including phenoxy) is 2. The van der Waals surface area contributed by atoms with Crippen molar-refractivity contribution >= 4 is 23.7 Å². The molecule has 1 saturated heterocycles. The number of carbonyl (C=O) groups excluding carboxylic acids is 4. The number of amides is 3. The molecule has 3 amide bonds. The minimum absolute atomic E-state index is 0.575. The number of hydrogen-bond donors (Lipinski definition) is 5. The second-order valence-electron chi connectivity index (χ2n) is 7.59. The molecule has 0 radical (unpaired) electrons. The fourth-order valence-electron chi connectivity index (χ4n) is 2.74. The highest BCUT2D eigenvalue weighted by Gasteiger charge is 2.47. The zero-order valence-corrected chi connectivity index (χ0v) is 16.0. The van der Waals surface area contributed by atoms with E-state index in [1.165, 1.54) is 0 Å². The van der Waals surface area contributed by atoms with Gasteiger partial charge in [-0.2, -0.15) is 0 Å². The highest BCUT2D eigenvalue weighted by atomic mass is 16.6. The van der Waals surface area contributed by atoms with E-state index in [4.69, 9.17) is 9.47 Å². The Kier molecular flexibility index (Phi) is 6.75. The predicted octanol–water partition coefficient (Wildman–Crippen LogP) is -3.46. The molecule has 2 heterocycles. The average Bonchev–Trinajstić information content (AvgIpc) is 2.94. The van der Waals surface area contributed by atoms with Crippen LogP contribution < -0.4 is 5.32 Å². The number of imide groups is 1. The van der Waals surface area contributed by atoms with E-state index in [-0.39, 0.29) is 0 Å². The van der Waals surface area contributed by atoms with Gasteiger partial charge in [0, 0.05) is 18.7 Å². The number of nitrogens with zero attached hydrogens (tertiary/aromatic N) is 1. The summed E-state index contributed by atoms with van der Waals surface area (Å²) in [7, 11) is 0. The van der Waals surface area contributed by atoms with Gasteiger partial charge in [-0.05, 0) is 20.8 Å². The number of nitrogens with one attached hydrogen (secondary N) is 1. The lowest BCUT2D eigenvalue weighted by Gasteiger charge is -2.37. The minimum atomic E-state index is -1.93. The van der Waals surface area contributed by atoms with Crippen LogP contribution in [0.2, 0.25) is 0 Å². The predicted molar refractivity (Wildman–Crippen MR) is 92.5 cm³/mol. The summed E-state index contributed by atoms with van der Waals surface area (Å²) in [4.78, 5) is 49.4. The number of aliphatic hydroxyl groups is 4. The topological polar surface area (TPSA) is 183 Å². The van der Waals surface area contributed by atoms with Gasteiger partial charge in [-0.15, -0.1) is 0 Å². The number of carbonyl (C=O) groups is 4. The first-order valence-corrected chi connectivity index (χ1v) is 8.77. The molecule has 0 aromatic heterocycles. The summed E-state index contributed by atoms with van der Waals surface area (Å²) in [6.07, 6.45) is -7.34. The fourth-order valence-corrected chi connectivity index (χ4v) is 2.74. The molecule has 5 N–H and O–H groups in total. The summed E-state index contributed by atoms with van der Waals surface area (Å²) in [6.45, 7) is 4.15. The largest absolute Gasteiger partial charge is 0.458 e. The van der Waals surface area contributed by atoms with Gasteiger partial charge in [-0.3, -0.25) is 19.3 Å². The van der Waals surface area contributed by atoms with E-state index in [0.29, 0.717) is 4.90 Å². The smallest absolute Gasteiger partial charge is 0.331 e. The van der Waals surface area contributed by atoms with Crippen molar-refractivity contribution in [3.8, 4) is 0 Å². The first-order chi connectivity index (χ1) is 13.3. The molecule has 2 rings (SSSR count). The van der Waals surface area contributed by atoms with Crippen LogP contribution in [0, 0.1) is 0 Å². The molecule has 0 aromatic carbocycles. The number of hydrogen-bond acceptors (Lipinski definition) is 10. The summed E-state index contributed by atoms with van der Waals surface area (Å²) in [6, 6.07) is -1.51. The van der Waals surface area contributed by atoms with Crippen molar-refractivity contribution in [2.24, 2.45) is 0 Å². The van der Waals surface area contributed by atoms with E-state index >= 15 is 0 Å². The third kappa shape index (κ3) is 5.16. The van der Waals surface area contributed by atoms with E-state index in [9.17, 15) is 39.6 Å². The SMILES string of the molecule is CC(C)(C)OC(=O)[C@H](CNC(=O)[C@H]1OC(O)[C@H](O)[C@@H](O)[C@@H]1O)N1C(=O)C=CC1=O. The number of rotatable bonds is 5. The van der Waals surface area contributed by atoms with E-state index in [0.717, 1.165) is 12.2 Å². The van der Waals surface area contributed by atoms with Crippen LogP contribution in [0.5, 0.6) is 0 Å². The van der Waals surface area contributed by atoms with E-state index in [1.807, 2.05) is 0 Å². The molecule has 6 atom stereocenters. The van der Waals surface area contributed by atoms with Gasteiger partial charge in [0.15, 0.2) is 18.4 Å². The monoisotopic (exact) mass is 416 g/mol. The Morgan fingerprint density at radius 1 is 1.10 bits per heavy atom. The van der Waals surface area contributed by atoms with Crippen LogP contribution in [0.15, 0.2) is 12.2 Å². The van der Waals surface area contributed by atoms with Gasteiger partial charge < -0.3 is 35.2 Å². The molecule has 2 aliphatic rings. The van der Waals surface area contributed by atoms with E-state index in [1.54, 1.807) is 20.8 Å². The van der Waals surface area contributed by atoms with E-state index < -0.39 is 72.6 Å².